The van der Waals surface area contributed by atoms with Crippen LogP contribution >= 0.6 is 0 Å². The van der Waals surface area contributed by atoms with Crippen LogP contribution in [0.3, 0.4) is 0 Å². The number of nitrogens with one attached hydrogen (secondary N) is 1. The molecule has 0 spiro atoms. The van der Waals surface area contributed by atoms with E-state index in [4.69, 9.17) is 0 Å². The molecule has 2 amide bonds. The lowest BCUT2D eigenvalue weighted by molar-refractivity contribution is 0.0622. The van der Waals surface area contributed by atoms with Gasteiger partial charge in [-0.3, -0.25) is 19.5 Å². The van der Waals surface area contributed by atoms with E-state index in [1.54, 1.807) is 12.1 Å². The Hall–Kier alpha value is -2.73. The van der Waals surface area contributed by atoms with Crippen molar-refractivity contribution in [2.24, 2.45) is 0 Å². The Bertz CT molecular complexity index is 822. The maximum Gasteiger partial charge on any atom is 0.272 e. The summed E-state index contributed by atoms with van der Waals surface area (Å²) in [5.74, 6) is -0.318. The zero-order valence-electron chi connectivity index (χ0n) is 16.8. The molecule has 1 aliphatic rings. The number of pyridine rings is 1. The van der Waals surface area contributed by atoms with Crippen molar-refractivity contribution in [3.63, 3.8) is 0 Å². The van der Waals surface area contributed by atoms with Crippen LogP contribution in [0.15, 0.2) is 48.7 Å². The first-order chi connectivity index (χ1) is 13.3. The first-order valence-electron chi connectivity index (χ1n) is 9.66. The fourth-order valence-electron chi connectivity index (χ4n) is 3.21. The zero-order valence-corrected chi connectivity index (χ0v) is 16.8. The van der Waals surface area contributed by atoms with Crippen LogP contribution in [0.25, 0.3) is 0 Å². The summed E-state index contributed by atoms with van der Waals surface area (Å²) in [5.41, 5.74) is 1.72. The number of rotatable bonds is 4. The van der Waals surface area contributed by atoms with Gasteiger partial charge in [-0.1, -0.05) is 30.3 Å². The summed E-state index contributed by atoms with van der Waals surface area (Å²) in [4.78, 5) is 33.6. The average Bonchev–Trinajstić information content (AvgIpc) is 2.68. The molecule has 6 heteroatoms. The van der Waals surface area contributed by atoms with E-state index in [1.807, 2.05) is 43.9 Å². The Kier molecular flexibility index (Phi) is 6.09. The summed E-state index contributed by atoms with van der Waals surface area (Å²) < 4.78 is 0. The molecule has 2 heterocycles. The van der Waals surface area contributed by atoms with Crippen LogP contribution in [0.2, 0.25) is 0 Å². The minimum atomic E-state index is -0.334. The van der Waals surface area contributed by atoms with E-state index in [0.717, 1.165) is 19.6 Å². The number of amides is 2. The van der Waals surface area contributed by atoms with E-state index in [2.05, 4.69) is 27.3 Å². The third-order valence-corrected chi connectivity index (χ3v) is 4.64. The first kappa shape index (κ1) is 20.0. The standard InChI is InChI=1S/C22H28N4O2/c1-22(2,3)24-20(27)18-9-10-23-19(15-18)21(28)26-13-11-25(12-14-26)16-17-7-5-4-6-8-17/h4-10,15H,11-14,16H2,1-3H3,(H,24,27). The van der Waals surface area contributed by atoms with Crippen LogP contribution in [0.5, 0.6) is 0 Å². The molecule has 0 atom stereocenters. The second kappa shape index (κ2) is 8.52. The normalized spacial score (nSPS) is 15.3. The van der Waals surface area contributed by atoms with Gasteiger partial charge in [0.05, 0.1) is 0 Å². The predicted octanol–water partition coefficient (Wildman–Crippen LogP) is 2.57. The van der Waals surface area contributed by atoms with Gasteiger partial charge in [0.2, 0.25) is 0 Å². The third-order valence-electron chi connectivity index (χ3n) is 4.64. The van der Waals surface area contributed by atoms with E-state index >= 15 is 0 Å². The molecule has 3 rings (SSSR count). The van der Waals surface area contributed by atoms with Gasteiger partial charge in [0.25, 0.3) is 11.8 Å². The highest BCUT2D eigenvalue weighted by Gasteiger charge is 2.24. The molecule has 1 aromatic carbocycles. The number of benzene rings is 1. The van der Waals surface area contributed by atoms with Crippen molar-refractivity contribution in [3.05, 3.63) is 65.5 Å². The van der Waals surface area contributed by atoms with Gasteiger partial charge < -0.3 is 10.2 Å². The lowest BCUT2D eigenvalue weighted by atomic mass is 10.1. The van der Waals surface area contributed by atoms with Crippen molar-refractivity contribution in [2.75, 3.05) is 26.2 Å². The van der Waals surface area contributed by atoms with Crippen LogP contribution in [-0.2, 0) is 6.54 Å². The van der Waals surface area contributed by atoms with Crippen molar-refractivity contribution < 1.29 is 9.59 Å². The molecule has 2 aromatic rings. The lowest BCUT2D eigenvalue weighted by Crippen LogP contribution is -2.48. The van der Waals surface area contributed by atoms with Crippen LogP contribution in [0, 0.1) is 0 Å². The quantitative estimate of drug-likeness (QED) is 0.885. The fraction of sp³-hybridized carbons (Fsp3) is 0.409. The highest BCUT2D eigenvalue weighted by Crippen LogP contribution is 2.12. The fourth-order valence-corrected chi connectivity index (χ4v) is 3.21. The highest BCUT2D eigenvalue weighted by atomic mass is 16.2. The van der Waals surface area contributed by atoms with Gasteiger partial charge in [-0.05, 0) is 38.5 Å². The van der Waals surface area contributed by atoms with Gasteiger partial charge in [-0.2, -0.15) is 0 Å². The Morgan fingerprint density at radius 3 is 2.36 bits per heavy atom. The molecule has 0 bridgehead atoms. The molecular formula is C22H28N4O2. The molecule has 1 fully saturated rings. The SMILES string of the molecule is CC(C)(C)NC(=O)c1ccnc(C(=O)N2CCN(Cc3ccccc3)CC2)c1. The van der Waals surface area contributed by atoms with Gasteiger partial charge in [0, 0.05) is 50.0 Å². The number of nitrogens with zero attached hydrogens (tertiary/aromatic N) is 3. The van der Waals surface area contributed by atoms with E-state index in [0.29, 0.717) is 24.3 Å². The maximum atomic E-state index is 12.8. The van der Waals surface area contributed by atoms with Crippen LogP contribution < -0.4 is 5.32 Å². The molecular weight excluding hydrogens is 352 g/mol. The molecule has 6 nitrogen and oxygen atoms in total. The second-order valence-electron chi connectivity index (χ2n) is 8.19. The molecule has 0 saturated carbocycles. The molecule has 0 unspecified atom stereocenters. The molecule has 0 aliphatic carbocycles. The largest absolute Gasteiger partial charge is 0.347 e. The third kappa shape index (κ3) is 5.39. The molecule has 28 heavy (non-hydrogen) atoms. The number of carbonyl (C=O) groups is 2. The van der Waals surface area contributed by atoms with Crippen LogP contribution in [0.1, 0.15) is 47.2 Å². The van der Waals surface area contributed by atoms with Gasteiger partial charge in [0.1, 0.15) is 5.69 Å². The lowest BCUT2D eigenvalue weighted by Gasteiger charge is -2.34. The molecule has 148 valence electrons. The van der Waals surface area contributed by atoms with Crippen molar-refractivity contribution in [1.82, 2.24) is 20.1 Å². The van der Waals surface area contributed by atoms with Crippen molar-refractivity contribution in [1.29, 1.82) is 0 Å². The van der Waals surface area contributed by atoms with Crippen LogP contribution in [0.4, 0.5) is 0 Å². The minimum Gasteiger partial charge on any atom is -0.347 e. The van der Waals surface area contributed by atoms with Gasteiger partial charge in [-0.25, -0.2) is 0 Å². The molecule has 1 aromatic heterocycles. The number of aromatic nitrogens is 1. The summed E-state index contributed by atoms with van der Waals surface area (Å²) in [5, 5.41) is 2.91. The monoisotopic (exact) mass is 380 g/mol. The number of piperazine rings is 1. The van der Waals surface area contributed by atoms with E-state index < -0.39 is 0 Å². The van der Waals surface area contributed by atoms with Crippen molar-refractivity contribution in [2.45, 2.75) is 32.9 Å². The topological polar surface area (TPSA) is 65.5 Å². The van der Waals surface area contributed by atoms with E-state index in [-0.39, 0.29) is 17.4 Å². The highest BCUT2D eigenvalue weighted by molar-refractivity contribution is 5.98. The first-order valence-corrected chi connectivity index (χ1v) is 9.66. The summed E-state index contributed by atoms with van der Waals surface area (Å²) in [7, 11) is 0. The smallest absolute Gasteiger partial charge is 0.272 e. The summed E-state index contributed by atoms with van der Waals surface area (Å²) in [6.07, 6.45) is 1.52. The van der Waals surface area contributed by atoms with Crippen molar-refractivity contribution >= 4 is 11.8 Å². The number of hydrogen-bond acceptors (Lipinski definition) is 4. The van der Waals surface area contributed by atoms with Gasteiger partial charge >= 0.3 is 0 Å². The van der Waals surface area contributed by atoms with Crippen molar-refractivity contribution in [3.8, 4) is 0 Å². The molecule has 1 saturated heterocycles. The van der Waals surface area contributed by atoms with E-state index in [9.17, 15) is 9.59 Å². The summed E-state index contributed by atoms with van der Waals surface area (Å²) in [6, 6.07) is 13.6. The van der Waals surface area contributed by atoms with Crippen LogP contribution in [-0.4, -0.2) is 58.3 Å². The summed E-state index contributed by atoms with van der Waals surface area (Å²) in [6.45, 7) is 9.63. The zero-order chi connectivity index (χ0) is 20.1. The Balaban J connectivity index is 1.59. The van der Waals surface area contributed by atoms with E-state index in [1.165, 1.54) is 11.8 Å². The number of carbonyl (C=O) groups excluding carboxylic acids is 2. The van der Waals surface area contributed by atoms with Gasteiger partial charge in [-0.15, -0.1) is 0 Å². The molecule has 0 radical (unpaired) electrons. The average molecular weight is 380 g/mol. The Labute approximate surface area is 166 Å². The molecule has 1 aliphatic heterocycles. The number of hydrogen-bond donors (Lipinski definition) is 1. The Morgan fingerprint density at radius 1 is 1.04 bits per heavy atom. The maximum absolute atomic E-state index is 12.8. The van der Waals surface area contributed by atoms with Gasteiger partial charge in [0.15, 0.2) is 0 Å². The molecule has 1 N–H and O–H groups in total. The second-order valence-corrected chi connectivity index (χ2v) is 8.19. The minimum absolute atomic E-state index is 0.121. The summed E-state index contributed by atoms with van der Waals surface area (Å²) >= 11 is 0. The Morgan fingerprint density at radius 2 is 1.71 bits per heavy atom. The predicted molar refractivity (Wildman–Crippen MR) is 109 cm³/mol.